The van der Waals surface area contributed by atoms with E-state index in [9.17, 15) is 9.59 Å². The second-order valence-electron chi connectivity index (χ2n) is 5.11. The first kappa shape index (κ1) is 14.2. The maximum atomic E-state index is 12.4. The van der Waals surface area contributed by atoms with Crippen molar-refractivity contribution in [1.82, 2.24) is 14.7 Å². The van der Waals surface area contributed by atoms with E-state index in [2.05, 4.69) is 5.10 Å². The Hall–Kier alpha value is -1.85. The smallest absolute Gasteiger partial charge is 0.305 e. The highest BCUT2D eigenvalue weighted by molar-refractivity contribution is 5.93. The summed E-state index contributed by atoms with van der Waals surface area (Å²) in [5.41, 5.74) is 0.0203. The molecule has 1 heterocycles. The van der Waals surface area contributed by atoms with Crippen molar-refractivity contribution in [3.8, 4) is 0 Å². The van der Waals surface area contributed by atoms with Crippen LogP contribution in [0, 0.1) is 0 Å². The number of hydrogen-bond donors (Lipinski definition) is 1. The standard InChI is InChI=1S/C12H19N3O3/c1-12(2,3)15(8-6-10(16)17)11(18)9-5-7-13-14(9)4/h5,7H,6,8H2,1-4H3,(H,16,17). The van der Waals surface area contributed by atoms with Crippen LogP contribution in [0.2, 0.25) is 0 Å². The molecule has 0 spiro atoms. The van der Waals surface area contributed by atoms with Gasteiger partial charge in [-0.3, -0.25) is 14.3 Å². The minimum absolute atomic E-state index is 0.0686. The second kappa shape index (κ2) is 5.20. The van der Waals surface area contributed by atoms with Gasteiger partial charge >= 0.3 is 5.97 Å². The van der Waals surface area contributed by atoms with Crippen molar-refractivity contribution in [3.05, 3.63) is 18.0 Å². The maximum absolute atomic E-state index is 12.4. The molecule has 18 heavy (non-hydrogen) atoms. The summed E-state index contributed by atoms with van der Waals surface area (Å²) in [4.78, 5) is 24.6. The van der Waals surface area contributed by atoms with Crippen LogP contribution < -0.4 is 0 Å². The van der Waals surface area contributed by atoms with Crippen LogP contribution in [0.1, 0.15) is 37.7 Å². The molecule has 0 aliphatic heterocycles. The molecule has 0 unspecified atom stereocenters. The van der Waals surface area contributed by atoms with E-state index in [0.717, 1.165) is 0 Å². The molecule has 0 aliphatic rings. The SMILES string of the molecule is Cn1nccc1C(=O)N(CCC(=O)O)C(C)(C)C. The van der Waals surface area contributed by atoms with Gasteiger partial charge in [0.15, 0.2) is 0 Å². The number of aryl methyl sites for hydroxylation is 1. The van der Waals surface area contributed by atoms with E-state index in [0.29, 0.717) is 5.69 Å². The zero-order chi connectivity index (χ0) is 13.9. The van der Waals surface area contributed by atoms with Crippen molar-refractivity contribution in [3.63, 3.8) is 0 Å². The van der Waals surface area contributed by atoms with Gasteiger partial charge in [-0.15, -0.1) is 0 Å². The van der Waals surface area contributed by atoms with E-state index < -0.39 is 11.5 Å². The van der Waals surface area contributed by atoms with Gasteiger partial charge in [0.25, 0.3) is 5.91 Å². The molecule has 1 aromatic rings. The van der Waals surface area contributed by atoms with Crippen LogP contribution in [0.15, 0.2) is 12.3 Å². The molecule has 1 aromatic heterocycles. The van der Waals surface area contributed by atoms with Gasteiger partial charge in [-0.1, -0.05) is 0 Å². The van der Waals surface area contributed by atoms with Gasteiger partial charge in [0.1, 0.15) is 5.69 Å². The third kappa shape index (κ3) is 3.32. The van der Waals surface area contributed by atoms with Gasteiger partial charge in [-0.25, -0.2) is 0 Å². The Balaban J connectivity index is 2.94. The number of hydrogen-bond acceptors (Lipinski definition) is 3. The van der Waals surface area contributed by atoms with Crippen molar-refractivity contribution in [2.75, 3.05) is 6.54 Å². The fourth-order valence-corrected chi connectivity index (χ4v) is 1.67. The number of aromatic nitrogens is 2. The fraction of sp³-hybridized carbons (Fsp3) is 0.583. The van der Waals surface area contributed by atoms with Crippen molar-refractivity contribution in [2.24, 2.45) is 7.05 Å². The van der Waals surface area contributed by atoms with Gasteiger partial charge in [-0.2, -0.15) is 5.10 Å². The minimum Gasteiger partial charge on any atom is -0.481 e. The van der Waals surface area contributed by atoms with Gasteiger partial charge in [0.2, 0.25) is 0 Å². The van der Waals surface area contributed by atoms with E-state index in [1.807, 2.05) is 20.8 Å². The number of carboxylic acid groups (broad SMARTS) is 1. The lowest BCUT2D eigenvalue weighted by atomic mass is 10.0. The van der Waals surface area contributed by atoms with Crippen LogP contribution in [-0.4, -0.2) is 43.7 Å². The Bertz CT molecular complexity index is 446. The van der Waals surface area contributed by atoms with Crippen molar-refractivity contribution < 1.29 is 14.7 Å². The number of carbonyl (C=O) groups is 2. The predicted octanol–water partition coefficient (Wildman–Crippen LogP) is 1.14. The average molecular weight is 253 g/mol. The Morgan fingerprint density at radius 3 is 2.44 bits per heavy atom. The highest BCUT2D eigenvalue weighted by Gasteiger charge is 2.29. The lowest BCUT2D eigenvalue weighted by Gasteiger charge is -2.35. The Morgan fingerprint density at radius 2 is 2.06 bits per heavy atom. The summed E-state index contributed by atoms with van der Waals surface area (Å²) in [6, 6.07) is 1.63. The van der Waals surface area contributed by atoms with Gasteiger partial charge < -0.3 is 10.0 Å². The van der Waals surface area contributed by atoms with Crippen LogP contribution >= 0.6 is 0 Å². The summed E-state index contributed by atoms with van der Waals surface area (Å²) in [6.07, 6.45) is 1.48. The Kier molecular flexibility index (Phi) is 4.11. The van der Waals surface area contributed by atoms with E-state index in [-0.39, 0.29) is 18.9 Å². The van der Waals surface area contributed by atoms with Crippen molar-refractivity contribution in [2.45, 2.75) is 32.7 Å². The third-order valence-electron chi connectivity index (χ3n) is 2.64. The zero-order valence-electron chi connectivity index (χ0n) is 11.2. The van der Waals surface area contributed by atoms with E-state index in [4.69, 9.17) is 5.11 Å². The van der Waals surface area contributed by atoms with Crippen LogP contribution in [0.4, 0.5) is 0 Å². The summed E-state index contributed by atoms with van der Waals surface area (Å²) < 4.78 is 1.49. The highest BCUT2D eigenvalue weighted by atomic mass is 16.4. The van der Waals surface area contributed by atoms with E-state index >= 15 is 0 Å². The van der Waals surface area contributed by atoms with Crippen LogP contribution in [0.5, 0.6) is 0 Å². The first-order valence-corrected chi connectivity index (χ1v) is 5.75. The Morgan fingerprint density at radius 1 is 1.44 bits per heavy atom. The average Bonchev–Trinajstić information content (AvgIpc) is 2.61. The molecule has 1 rings (SSSR count). The molecular weight excluding hydrogens is 234 g/mol. The summed E-state index contributed by atoms with van der Waals surface area (Å²) in [5.74, 6) is -1.12. The molecular formula is C12H19N3O3. The lowest BCUT2D eigenvalue weighted by molar-refractivity contribution is -0.137. The quantitative estimate of drug-likeness (QED) is 0.873. The predicted molar refractivity (Wildman–Crippen MR) is 66.3 cm³/mol. The van der Waals surface area contributed by atoms with E-state index in [1.54, 1.807) is 24.2 Å². The minimum atomic E-state index is -0.915. The maximum Gasteiger partial charge on any atom is 0.305 e. The molecule has 0 aliphatic carbocycles. The lowest BCUT2D eigenvalue weighted by Crippen LogP contribution is -2.47. The number of carbonyl (C=O) groups excluding carboxylic acids is 1. The highest BCUT2D eigenvalue weighted by Crippen LogP contribution is 2.17. The fourth-order valence-electron chi connectivity index (χ4n) is 1.67. The van der Waals surface area contributed by atoms with Crippen LogP contribution in [0.25, 0.3) is 0 Å². The second-order valence-corrected chi connectivity index (χ2v) is 5.11. The largest absolute Gasteiger partial charge is 0.481 e. The first-order valence-electron chi connectivity index (χ1n) is 5.75. The zero-order valence-corrected chi connectivity index (χ0v) is 11.2. The number of amides is 1. The monoisotopic (exact) mass is 253 g/mol. The third-order valence-corrected chi connectivity index (χ3v) is 2.64. The topological polar surface area (TPSA) is 75.4 Å². The molecule has 1 N–H and O–H groups in total. The molecule has 0 fully saturated rings. The molecule has 6 heteroatoms. The van der Waals surface area contributed by atoms with Gasteiger partial charge in [0.05, 0.1) is 6.42 Å². The molecule has 0 radical (unpaired) electrons. The molecule has 0 saturated carbocycles. The van der Waals surface area contributed by atoms with E-state index in [1.165, 1.54) is 4.68 Å². The summed E-state index contributed by atoms with van der Waals surface area (Å²) in [6.45, 7) is 5.82. The number of nitrogens with zero attached hydrogens (tertiary/aromatic N) is 3. The molecule has 0 bridgehead atoms. The molecule has 100 valence electrons. The van der Waals surface area contributed by atoms with Gasteiger partial charge in [-0.05, 0) is 26.8 Å². The first-order chi connectivity index (χ1) is 8.23. The summed E-state index contributed by atoms with van der Waals surface area (Å²) in [7, 11) is 1.69. The molecule has 6 nitrogen and oxygen atoms in total. The van der Waals surface area contributed by atoms with Crippen LogP contribution in [-0.2, 0) is 11.8 Å². The Labute approximate surface area is 106 Å². The molecule has 1 amide bonds. The number of rotatable bonds is 4. The number of aliphatic carboxylic acids is 1. The van der Waals surface area contributed by atoms with Crippen molar-refractivity contribution in [1.29, 1.82) is 0 Å². The summed E-state index contributed by atoms with van der Waals surface area (Å²) in [5, 5.41) is 12.7. The normalized spacial score (nSPS) is 11.3. The summed E-state index contributed by atoms with van der Waals surface area (Å²) >= 11 is 0. The van der Waals surface area contributed by atoms with Crippen LogP contribution in [0.3, 0.4) is 0 Å². The molecule has 0 aromatic carbocycles. The number of carboxylic acids is 1. The van der Waals surface area contributed by atoms with Gasteiger partial charge in [0, 0.05) is 25.3 Å². The van der Waals surface area contributed by atoms with Crippen molar-refractivity contribution >= 4 is 11.9 Å². The molecule has 0 saturated heterocycles. The molecule has 0 atom stereocenters.